The Kier molecular flexibility index (Phi) is 6.59. The van der Waals surface area contributed by atoms with Crippen LogP contribution in [0.5, 0.6) is 0 Å². The van der Waals surface area contributed by atoms with Gasteiger partial charge in [-0.3, -0.25) is 0 Å². The monoisotopic (exact) mass is 135 g/mol. The predicted octanol–water partition coefficient (Wildman–Crippen LogP) is -1.63. The standard InChI is InChI=1S/C4H12N.HO2Si/c1-5(2,3)4;1-3-2/h1-4H3;3H/q+1;-1. The lowest BCUT2D eigenvalue weighted by Gasteiger charge is -2.14. The van der Waals surface area contributed by atoms with Crippen LogP contribution in [0.3, 0.4) is 0 Å². The van der Waals surface area contributed by atoms with Gasteiger partial charge in [-0.05, 0) is 0 Å². The van der Waals surface area contributed by atoms with Crippen LogP contribution >= 0.6 is 0 Å². The van der Waals surface area contributed by atoms with Crippen molar-refractivity contribution in [2.45, 2.75) is 0 Å². The zero-order valence-corrected chi connectivity index (χ0v) is 7.00. The van der Waals surface area contributed by atoms with Crippen molar-refractivity contribution in [2.75, 3.05) is 28.2 Å². The zero-order valence-electron chi connectivity index (χ0n) is 5.84. The molecule has 0 rings (SSSR count). The minimum absolute atomic E-state index is 1.00. The Morgan fingerprint density at radius 1 is 1.25 bits per heavy atom. The van der Waals surface area contributed by atoms with Gasteiger partial charge in [0.2, 0.25) is 0 Å². The summed E-state index contributed by atoms with van der Waals surface area (Å²) in [5.41, 5.74) is 0. The van der Waals surface area contributed by atoms with Crippen LogP contribution in [-0.2, 0) is 4.46 Å². The zero-order chi connectivity index (χ0) is 7.21. The van der Waals surface area contributed by atoms with Crippen molar-refractivity contribution in [3.05, 3.63) is 0 Å². The Balaban J connectivity index is 0. The van der Waals surface area contributed by atoms with E-state index in [0.29, 0.717) is 0 Å². The van der Waals surface area contributed by atoms with Gasteiger partial charge in [-0.25, -0.2) is 0 Å². The summed E-state index contributed by atoms with van der Waals surface area (Å²) in [4.78, 5) is 8.46. The second-order valence-electron chi connectivity index (χ2n) is 2.78. The average molecular weight is 135 g/mol. The van der Waals surface area contributed by atoms with Crippen LogP contribution < -0.4 is 4.80 Å². The maximum atomic E-state index is 8.46. The molecule has 0 bridgehead atoms. The highest BCUT2D eigenvalue weighted by molar-refractivity contribution is 6.01. The van der Waals surface area contributed by atoms with E-state index in [0.717, 1.165) is 4.48 Å². The molecule has 0 aromatic rings. The fraction of sp³-hybridized carbons (Fsp3) is 1.00. The Morgan fingerprint density at radius 3 is 1.25 bits per heavy atom. The minimum Gasteiger partial charge on any atom is -0.591 e. The lowest BCUT2D eigenvalue weighted by molar-refractivity contribution is -0.849. The summed E-state index contributed by atoms with van der Waals surface area (Å²) < 4.78 is 9.46. The second-order valence-corrected chi connectivity index (χ2v) is 2.97. The van der Waals surface area contributed by atoms with Gasteiger partial charge in [0.25, 0.3) is 0 Å². The van der Waals surface area contributed by atoms with E-state index >= 15 is 0 Å². The third kappa shape index (κ3) is 2650. The molecular formula is C4H13NO2Si. The van der Waals surface area contributed by atoms with E-state index < -0.39 is 9.65 Å². The van der Waals surface area contributed by atoms with Crippen LogP contribution in [0.25, 0.3) is 0 Å². The largest absolute Gasteiger partial charge is 0.591 e. The van der Waals surface area contributed by atoms with Gasteiger partial charge in [0, 0.05) is 0 Å². The Bertz CT molecular complexity index is 53.5. The molecule has 0 aliphatic rings. The van der Waals surface area contributed by atoms with Crippen molar-refractivity contribution in [1.29, 1.82) is 0 Å². The molecule has 0 atom stereocenters. The first-order valence-corrected chi connectivity index (χ1v) is 3.20. The third-order valence-corrected chi connectivity index (χ3v) is 0. The Morgan fingerprint density at radius 2 is 1.25 bits per heavy atom. The van der Waals surface area contributed by atoms with Crippen molar-refractivity contribution >= 4 is 9.65 Å². The van der Waals surface area contributed by atoms with Gasteiger partial charge in [-0.1, -0.05) is 0 Å². The van der Waals surface area contributed by atoms with E-state index in [9.17, 15) is 0 Å². The predicted molar refractivity (Wildman–Crippen MR) is 31.8 cm³/mol. The van der Waals surface area contributed by atoms with E-state index in [1.807, 2.05) is 0 Å². The first-order valence-electron chi connectivity index (χ1n) is 2.26. The molecule has 4 heteroatoms. The normalized spacial score (nSPS) is 9.00. The average Bonchev–Trinajstić information content (AvgIpc) is 1.27. The topological polar surface area (TPSA) is 40.1 Å². The quantitative estimate of drug-likeness (QED) is 0.295. The molecule has 50 valence electrons. The molecule has 0 aromatic heterocycles. The molecule has 0 saturated heterocycles. The number of hydrogen-bond acceptors (Lipinski definition) is 2. The maximum absolute atomic E-state index is 8.46. The molecule has 0 fully saturated rings. The van der Waals surface area contributed by atoms with E-state index in [2.05, 4.69) is 28.2 Å². The van der Waals surface area contributed by atoms with E-state index in [1.54, 1.807) is 0 Å². The molecule has 0 aliphatic carbocycles. The van der Waals surface area contributed by atoms with Crippen LogP contribution in [0, 0.1) is 0 Å². The smallest absolute Gasteiger partial charge is 0.127 e. The Labute approximate surface area is 52.5 Å². The molecule has 0 unspecified atom stereocenters. The first-order chi connectivity index (χ1) is 3.41. The highest BCUT2D eigenvalue weighted by Gasteiger charge is 1.88. The molecule has 8 heavy (non-hydrogen) atoms. The van der Waals surface area contributed by atoms with Gasteiger partial charge in [-0.2, -0.15) is 0 Å². The van der Waals surface area contributed by atoms with Crippen molar-refractivity contribution in [3.8, 4) is 0 Å². The van der Waals surface area contributed by atoms with Gasteiger partial charge in [0.15, 0.2) is 0 Å². The van der Waals surface area contributed by atoms with Crippen LogP contribution in [0.15, 0.2) is 0 Å². The highest BCUT2D eigenvalue weighted by atomic mass is 28.2. The maximum Gasteiger partial charge on any atom is 0.127 e. The van der Waals surface area contributed by atoms with E-state index in [1.165, 1.54) is 0 Å². The van der Waals surface area contributed by atoms with Crippen LogP contribution in [0.1, 0.15) is 0 Å². The van der Waals surface area contributed by atoms with Crippen molar-refractivity contribution < 1.29 is 13.7 Å². The van der Waals surface area contributed by atoms with Crippen LogP contribution in [0.2, 0.25) is 0 Å². The molecule has 0 N–H and O–H groups in total. The summed E-state index contributed by atoms with van der Waals surface area (Å²) >= 11 is 0. The van der Waals surface area contributed by atoms with E-state index in [4.69, 9.17) is 9.26 Å². The molecule has 3 nitrogen and oxygen atoms in total. The van der Waals surface area contributed by atoms with Gasteiger partial charge in [-0.15, -0.1) is 0 Å². The number of hydrogen-bond donors (Lipinski definition) is 0. The molecule has 0 aromatic carbocycles. The minimum atomic E-state index is -1.75. The van der Waals surface area contributed by atoms with Crippen molar-refractivity contribution in [3.63, 3.8) is 0 Å². The lowest BCUT2D eigenvalue weighted by Crippen LogP contribution is -2.27. The summed E-state index contributed by atoms with van der Waals surface area (Å²) in [5, 5.41) is 0. The molecule has 0 heterocycles. The number of rotatable bonds is 0. The molecule has 0 saturated carbocycles. The molecule has 0 amide bonds. The SMILES string of the molecule is C[N+](C)(C)C.O=[SiH][O-]. The summed E-state index contributed by atoms with van der Waals surface area (Å²) in [6, 6.07) is 0. The van der Waals surface area contributed by atoms with Crippen LogP contribution in [0.4, 0.5) is 0 Å². The third-order valence-electron chi connectivity index (χ3n) is 0. The fourth-order valence-corrected chi connectivity index (χ4v) is 0. The first kappa shape index (κ1) is 10.7. The van der Waals surface area contributed by atoms with Gasteiger partial charge in [0.05, 0.1) is 28.2 Å². The van der Waals surface area contributed by atoms with Gasteiger partial charge < -0.3 is 13.7 Å². The second kappa shape index (κ2) is 4.92. The highest BCUT2D eigenvalue weighted by Crippen LogP contribution is 1.73. The summed E-state index contributed by atoms with van der Waals surface area (Å²) in [7, 11) is 6.75. The Hall–Kier alpha value is -0.223. The molecule has 0 aliphatic heterocycles. The molecular weight excluding hydrogens is 122 g/mol. The fourth-order valence-electron chi connectivity index (χ4n) is 0. The van der Waals surface area contributed by atoms with E-state index in [-0.39, 0.29) is 0 Å². The van der Waals surface area contributed by atoms with Gasteiger partial charge in [0.1, 0.15) is 9.65 Å². The summed E-state index contributed by atoms with van der Waals surface area (Å²) in [5.74, 6) is 0. The summed E-state index contributed by atoms with van der Waals surface area (Å²) in [6.07, 6.45) is 0. The molecule has 0 radical (unpaired) electrons. The number of nitrogens with zero attached hydrogens (tertiary/aromatic N) is 1. The lowest BCUT2D eigenvalue weighted by atomic mass is 10.8. The summed E-state index contributed by atoms with van der Waals surface area (Å²) in [6.45, 7) is 0. The number of quaternary nitrogens is 1. The molecule has 0 spiro atoms. The van der Waals surface area contributed by atoms with Crippen LogP contribution in [-0.4, -0.2) is 42.3 Å². The van der Waals surface area contributed by atoms with Crippen molar-refractivity contribution in [1.82, 2.24) is 0 Å². The van der Waals surface area contributed by atoms with Crippen molar-refractivity contribution in [2.24, 2.45) is 0 Å². The van der Waals surface area contributed by atoms with Gasteiger partial charge >= 0.3 is 0 Å².